The van der Waals surface area contributed by atoms with Crippen molar-refractivity contribution in [2.45, 2.75) is 38.3 Å². The lowest BCUT2D eigenvalue weighted by Crippen LogP contribution is -2.57. The molecule has 0 bridgehead atoms. The van der Waals surface area contributed by atoms with Crippen molar-refractivity contribution in [3.8, 4) is 11.1 Å². The zero-order chi connectivity index (χ0) is 20.9. The van der Waals surface area contributed by atoms with Gasteiger partial charge < -0.3 is 15.6 Å². The molecule has 1 fully saturated rings. The molecule has 2 aliphatic heterocycles. The number of hydrogen-bond acceptors (Lipinski definition) is 5. The standard InChI is InChI=1S/C24H26N4O2/c1-15-22(16(2)30-27-15)17-10-11-21-20(13-17)24(23(29)26-21,18-7-4-3-5-8-18)28-12-6-9-19(25)14-28/h3-5,7-8,10-11,13,19H,6,9,12,14,25H2,1-2H3,(H,26,29)/t19-,24?/m1/s1. The van der Waals surface area contributed by atoms with Crippen molar-refractivity contribution < 1.29 is 9.32 Å². The maximum absolute atomic E-state index is 13.7. The maximum atomic E-state index is 13.7. The van der Waals surface area contributed by atoms with Crippen LogP contribution in [0.4, 0.5) is 5.69 Å². The fourth-order valence-corrected chi connectivity index (χ4v) is 5.12. The summed E-state index contributed by atoms with van der Waals surface area (Å²) in [5.41, 5.74) is 11.0. The van der Waals surface area contributed by atoms with E-state index in [4.69, 9.17) is 10.3 Å². The van der Waals surface area contributed by atoms with E-state index in [0.717, 1.165) is 58.8 Å². The minimum absolute atomic E-state index is 0.0197. The number of carbonyl (C=O) groups is 1. The number of benzene rings is 2. The molecule has 1 aromatic heterocycles. The molecular weight excluding hydrogens is 376 g/mol. The number of nitrogens with one attached hydrogen (secondary N) is 1. The van der Waals surface area contributed by atoms with Crippen LogP contribution in [0, 0.1) is 13.8 Å². The lowest BCUT2D eigenvalue weighted by molar-refractivity contribution is -0.126. The van der Waals surface area contributed by atoms with Gasteiger partial charge in [-0.2, -0.15) is 0 Å². The smallest absolute Gasteiger partial charge is 0.254 e. The molecule has 2 aromatic carbocycles. The molecule has 1 amide bonds. The number of aryl methyl sites for hydroxylation is 2. The van der Waals surface area contributed by atoms with E-state index < -0.39 is 5.54 Å². The summed E-state index contributed by atoms with van der Waals surface area (Å²) in [6, 6.07) is 16.2. The topological polar surface area (TPSA) is 84.4 Å². The Morgan fingerprint density at radius 3 is 2.70 bits per heavy atom. The predicted octanol–water partition coefficient (Wildman–Crippen LogP) is 3.58. The largest absolute Gasteiger partial charge is 0.361 e. The van der Waals surface area contributed by atoms with Gasteiger partial charge in [0.2, 0.25) is 0 Å². The first kappa shape index (κ1) is 19.0. The fourth-order valence-electron chi connectivity index (χ4n) is 5.12. The van der Waals surface area contributed by atoms with Gasteiger partial charge in [0, 0.05) is 29.4 Å². The van der Waals surface area contributed by atoms with Crippen LogP contribution in [0.1, 0.15) is 35.4 Å². The van der Waals surface area contributed by atoms with Gasteiger partial charge in [-0.15, -0.1) is 0 Å². The van der Waals surface area contributed by atoms with Crippen LogP contribution in [0.25, 0.3) is 11.1 Å². The van der Waals surface area contributed by atoms with Crippen LogP contribution in [-0.4, -0.2) is 35.1 Å². The number of likely N-dealkylation sites (tertiary alicyclic amines) is 1. The molecule has 2 aliphatic rings. The molecule has 0 radical (unpaired) electrons. The van der Waals surface area contributed by atoms with Crippen LogP contribution in [0.5, 0.6) is 0 Å². The summed E-state index contributed by atoms with van der Waals surface area (Å²) in [6.07, 6.45) is 1.96. The van der Waals surface area contributed by atoms with Crippen LogP contribution in [-0.2, 0) is 10.3 Å². The second kappa shape index (κ2) is 7.07. The molecule has 30 heavy (non-hydrogen) atoms. The Bertz CT molecular complexity index is 1090. The zero-order valence-corrected chi connectivity index (χ0v) is 17.3. The van der Waals surface area contributed by atoms with E-state index >= 15 is 0 Å². The minimum atomic E-state index is -0.899. The molecule has 3 heterocycles. The summed E-state index contributed by atoms with van der Waals surface area (Å²) in [6.45, 7) is 5.36. The molecule has 0 saturated carbocycles. The second-order valence-electron chi connectivity index (χ2n) is 8.34. The number of piperidine rings is 1. The van der Waals surface area contributed by atoms with Crippen LogP contribution in [0.3, 0.4) is 0 Å². The molecule has 3 aromatic rings. The molecule has 5 rings (SSSR count). The summed E-state index contributed by atoms with van der Waals surface area (Å²) in [7, 11) is 0. The number of amides is 1. The summed E-state index contributed by atoms with van der Waals surface area (Å²) >= 11 is 0. The Labute approximate surface area is 176 Å². The quantitative estimate of drug-likeness (QED) is 0.700. The monoisotopic (exact) mass is 402 g/mol. The van der Waals surface area contributed by atoms with Gasteiger partial charge in [-0.3, -0.25) is 9.69 Å². The van der Waals surface area contributed by atoms with Gasteiger partial charge >= 0.3 is 0 Å². The number of hydrogen-bond donors (Lipinski definition) is 2. The predicted molar refractivity (Wildman–Crippen MR) is 116 cm³/mol. The number of carbonyl (C=O) groups excluding carboxylic acids is 1. The van der Waals surface area contributed by atoms with Crippen LogP contribution in [0.2, 0.25) is 0 Å². The van der Waals surface area contributed by atoms with Gasteiger partial charge in [-0.1, -0.05) is 41.6 Å². The molecule has 154 valence electrons. The Morgan fingerprint density at radius 2 is 2.00 bits per heavy atom. The van der Waals surface area contributed by atoms with Crippen molar-refractivity contribution in [2.24, 2.45) is 5.73 Å². The SMILES string of the molecule is Cc1noc(C)c1-c1ccc2c(c1)C(c1ccccc1)(N1CCC[C@@H](N)C1)C(=O)N2. The number of rotatable bonds is 3. The Hall–Kier alpha value is -2.96. The first-order chi connectivity index (χ1) is 14.5. The highest BCUT2D eigenvalue weighted by molar-refractivity contribution is 6.09. The normalized spacial score (nSPS) is 24.0. The molecule has 6 heteroatoms. The van der Waals surface area contributed by atoms with Crippen LogP contribution >= 0.6 is 0 Å². The summed E-state index contributed by atoms with van der Waals surface area (Å²) in [5.74, 6) is 0.753. The van der Waals surface area contributed by atoms with E-state index in [-0.39, 0.29) is 11.9 Å². The molecule has 6 nitrogen and oxygen atoms in total. The van der Waals surface area contributed by atoms with Crippen molar-refractivity contribution in [2.75, 3.05) is 18.4 Å². The Kier molecular flexibility index (Phi) is 4.49. The average Bonchev–Trinajstić information content (AvgIpc) is 3.24. The average molecular weight is 402 g/mol. The number of nitrogens with two attached hydrogens (primary N) is 1. The van der Waals surface area contributed by atoms with Crippen LogP contribution in [0.15, 0.2) is 53.1 Å². The summed E-state index contributed by atoms with van der Waals surface area (Å²) < 4.78 is 5.40. The van der Waals surface area contributed by atoms with E-state index in [1.54, 1.807) is 0 Å². The highest BCUT2D eigenvalue weighted by Crippen LogP contribution is 2.47. The van der Waals surface area contributed by atoms with E-state index in [9.17, 15) is 4.79 Å². The van der Waals surface area contributed by atoms with Gasteiger partial charge in [-0.05, 0) is 56.5 Å². The lowest BCUT2D eigenvalue weighted by Gasteiger charge is -2.44. The minimum Gasteiger partial charge on any atom is -0.361 e. The van der Waals surface area contributed by atoms with Crippen molar-refractivity contribution in [3.63, 3.8) is 0 Å². The first-order valence-electron chi connectivity index (χ1n) is 10.5. The van der Waals surface area contributed by atoms with Crippen molar-refractivity contribution in [3.05, 3.63) is 71.1 Å². The number of aromatic nitrogens is 1. The second-order valence-corrected chi connectivity index (χ2v) is 8.34. The number of nitrogens with zero attached hydrogens (tertiary/aromatic N) is 2. The first-order valence-corrected chi connectivity index (χ1v) is 10.5. The van der Waals surface area contributed by atoms with Gasteiger partial charge in [0.25, 0.3) is 5.91 Å². The van der Waals surface area contributed by atoms with Gasteiger partial charge in [0.05, 0.1) is 5.69 Å². The molecule has 1 unspecified atom stereocenters. The molecule has 0 aliphatic carbocycles. The zero-order valence-electron chi connectivity index (χ0n) is 17.3. The third kappa shape index (κ3) is 2.71. The van der Waals surface area contributed by atoms with Gasteiger partial charge in [0.15, 0.2) is 5.54 Å². The van der Waals surface area contributed by atoms with Crippen molar-refractivity contribution in [1.29, 1.82) is 0 Å². The number of fused-ring (bicyclic) bond motifs is 1. The van der Waals surface area contributed by atoms with Crippen LogP contribution < -0.4 is 11.1 Å². The van der Waals surface area contributed by atoms with E-state index in [1.807, 2.05) is 56.3 Å². The molecule has 0 spiro atoms. The summed E-state index contributed by atoms with van der Waals surface area (Å²) in [4.78, 5) is 15.9. The van der Waals surface area contributed by atoms with Gasteiger partial charge in [0.1, 0.15) is 5.76 Å². The third-order valence-corrected chi connectivity index (χ3v) is 6.43. The Morgan fingerprint density at radius 1 is 1.20 bits per heavy atom. The summed E-state index contributed by atoms with van der Waals surface area (Å²) in [5, 5.41) is 7.25. The van der Waals surface area contributed by atoms with Crippen molar-refractivity contribution >= 4 is 11.6 Å². The molecular formula is C24H26N4O2. The van der Waals surface area contributed by atoms with E-state index in [2.05, 4.69) is 21.4 Å². The third-order valence-electron chi connectivity index (χ3n) is 6.43. The molecule has 2 atom stereocenters. The number of anilines is 1. The molecule has 3 N–H and O–H groups in total. The molecule has 1 saturated heterocycles. The van der Waals surface area contributed by atoms with E-state index in [1.165, 1.54) is 0 Å². The highest BCUT2D eigenvalue weighted by Gasteiger charge is 2.53. The Balaban J connectivity index is 1.75. The fraction of sp³-hybridized carbons (Fsp3) is 0.333. The maximum Gasteiger partial charge on any atom is 0.254 e. The highest BCUT2D eigenvalue weighted by atomic mass is 16.5. The lowest BCUT2D eigenvalue weighted by atomic mass is 9.79. The van der Waals surface area contributed by atoms with E-state index in [0.29, 0.717) is 6.54 Å². The van der Waals surface area contributed by atoms with Gasteiger partial charge in [-0.25, -0.2) is 0 Å². The van der Waals surface area contributed by atoms with Crippen molar-refractivity contribution in [1.82, 2.24) is 10.1 Å².